The zero-order valence-electron chi connectivity index (χ0n) is 12.6. The van der Waals surface area contributed by atoms with Crippen LogP contribution < -0.4 is 10.1 Å². The second kappa shape index (κ2) is 6.59. The molecule has 0 spiro atoms. The number of hydrogen-bond acceptors (Lipinski definition) is 7. The molecule has 1 aromatic carbocycles. The Hall–Kier alpha value is -3.06. The normalized spacial score (nSPS) is 10.7. The van der Waals surface area contributed by atoms with E-state index in [2.05, 4.69) is 25.3 Å². The highest BCUT2D eigenvalue weighted by atomic mass is 32.1. The van der Waals surface area contributed by atoms with Gasteiger partial charge < -0.3 is 10.1 Å². The molecule has 0 saturated heterocycles. The summed E-state index contributed by atoms with van der Waals surface area (Å²) in [7, 11) is 0. The Morgan fingerprint density at radius 3 is 2.71 bits per heavy atom. The van der Waals surface area contributed by atoms with Crippen molar-refractivity contribution in [2.45, 2.75) is 6.61 Å². The number of pyridine rings is 1. The quantitative estimate of drug-likeness (QED) is 0.598. The van der Waals surface area contributed by atoms with Gasteiger partial charge in [-0.2, -0.15) is 4.98 Å². The van der Waals surface area contributed by atoms with E-state index in [1.807, 2.05) is 36.4 Å². The molecular weight excluding hydrogens is 322 g/mol. The average Bonchev–Trinajstić information content (AvgIpc) is 3.04. The Balaban J connectivity index is 1.41. The predicted octanol–water partition coefficient (Wildman–Crippen LogP) is 3.80. The van der Waals surface area contributed by atoms with Crippen LogP contribution in [-0.4, -0.2) is 19.9 Å². The minimum Gasteiger partial charge on any atom is -0.487 e. The third kappa shape index (κ3) is 3.31. The second-order valence-electron chi connectivity index (χ2n) is 4.98. The molecule has 0 bridgehead atoms. The molecule has 7 heteroatoms. The number of benzene rings is 1. The number of hydrogen-bond donors (Lipinski definition) is 1. The number of rotatable bonds is 5. The van der Waals surface area contributed by atoms with Crippen LogP contribution in [0.1, 0.15) is 5.69 Å². The van der Waals surface area contributed by atoms with Crippen molar-refractivity contribution >= 4 is 32.5 Å². The molecule has 0 saturated carbocycles. The van der Waals surface area contributed by atoms with Crippen molar-refractivity contribution in [3.05, 3.63) is 66.9 Å². The van der Waals surface area contributed by atoms with Crippen molar-refractivity contribution in [2.75, 3.05) is 5.32 Å². The summed E-state index contributed by atoms with van der Waals surface area (Å²) < 4.78 is 6.75. The summed E-state index contributed by atoms with van der Waals surface area (Å²) in [6.07, 6.45) is 6.73. The molecule has 0 amide bonds. The largest absolute Gasteiger partial charge is 0.487 e. The third-order valence-corrected chi connectivity index (χ3v) is 4.20. The molecule has 1 N–H and O–H groups in total. The summed E-state index contributed by atoms with van der Waals surface area (Å²) in [4.78, 5) is 16.9. The van der Waals surface area contributed by atoms with E-state index in [0.29, 0.717) is 6.61 Å². The molecule has 118 valence electrons. The van der Waals surface area contributed by atoms with E-state index in [9.17, 15) is 0 Å². The van der Waals surface area contributed by atoms with E-state index in [1.54, 1.807) is 36.1 Å². The molecule has 0 radical (unpaired) electrons. The van der Waals surface area contributed by atoms with Crippen LogP contribution >= 0.6 is 11.3 Å². The van der Waals surface area contributed by atoms with Gasteiger partial charge in [0, 0.05) is 24.3 Å². The zero-order chi connectivity index (χ0) is 16.2. The van der Waals surface area contributed by atoms with Crippen LogP contribution in [0.15, 0.2) is 61.2 Å². The van der Waals surface area contributed by atoms with Gasteiger partial charge >= 0.3 is 0 Å². The predicted molar refractivity (Wildman–Crippen MR) is 93.5 cm³/mol. The average molecular weight is 335 g/mol. The van der Waals surface area contributed by atoms with Crippen LogP contribution in [0.3, 0.4) is 0 Å². The number of nitrogens with zero attached hydrogens (tertiary/aromatic N) is 4. The second-order valence-corrected chi connectivity index (χ2v) is 6.01. The first kappa shape index (κ1) is 14.5. The molecule has 4 rings (SSSR count). The maximum Gasteiger partial charge on any atom is 0.189 e. The van der Waals surface area contributed by atoms with Gasteiger partial charge in [-0.05, 0) is 36.4 Å². The van der Waals surface area contributed by atoms with Gasteiger partial charge in [-0.1, -0.05) is 11.3 Å². The van der Waals surface area contributed by atoms with Gasteiger partial charge in [0.1, 0.15) is 12.4 Å². The van der Waals surface area contributed by atoms with Gasteiger partial charge in [0.2, 0.25) is 0 Å². The summed E-state index contributed by atoms with van der Waals surface area (Å²) in [5.41, 5.74) is 2.50. The highest BCUT2D eigenvalue weighted by molar-refractivity contribution is 7.22. The van der Waals surface area contributed by atoms with E-state index in [4.69, 9.17) is 4.74 Å². The van der Waals surface area contributed by atoms with Gasteiger partial charge in [-0.25, -0.2) is 4.98 Å². The van der Waals surface area contributed by atoms with Gasteiger partial charge in [-0.3, -0.25) is 9.97 Å². The first-order chi connectivity index (χ1) is 11.9. The summed E-state index contributed by atoms with van der Waals surface area (Å²) in [6.45, 7) is 0.393. The third-order valence-electron chi connectivity index (χ3n) is 3.27. The maximum absolute atomic E-state index is 5.69. The fraction of sp³-hybridized carbons (Fsp3) is 0.0588. The summed E-state index contributed by atoms with van der Waals surface area (Å²) >= 11 is 1.57. The lowest BCUT2D eigenvalue weighted by Crippen LogP contribution is -1.98. The zero-order valence-corrected chi connectivity index (χ0v) is 13.4. The lowest BCUT2D eigenvalue weighted by Gasteiger charge is -2.07. The molecular formula is C17H13N5OS. The van der Waals surface area contributed by atoms with E-state index in [-0.39, 0.29) is 0 Å². The van der Waals surface area contributed by atoms with Gasteiger partial charge in [0.15, 0.2) is 10.8 Å². The lowest BCUT2D eigenvalue weighted by atomic mass is 10.3. The van der Waals surface area contributed by atoms with Crippen molar-refractivity contribution in [1.29, 1.82) is 0 Å². The Morgan fingerprint density at radius 2 is 1.92 bits per heavy atom. The standard InChI is InChI=1S/C17H13N5OS/c1-2-15-16(20-7-1)22-17(24-15)21-12-3-5-14(6-4-12)23-11-13-10-18-8-9-19-13/h1-10H,11H2,(H,20,21,22). The number of fused-ring (bicyclic) bond motifs is 1. The smallest absolute Gasteiger partial charge is 0.189 e. The van der Waals surface area contributed by atoms with Gasteiger partial charge in [0.25, 0.3) is 0 Å². The maximum atomic E-state index is 5.69. The van der Waals surface area contributed by atoms with Crippen LogP contribution in [0.4, 0.5) is 10.8 Å². The molecule has 3 heterocycles. The molecule has 0 aliphatic heterocycles. The fourth-order valence-electron chi connectivity index (χ4n) is 2.14. The topological polar surface area (TPSA) is 72.8 Å². The summed E-state index contributed by atoms with van der Waals surface area (Å²) in [5, 5.41) is 4.10. The van der Waals surface area contributed by atoms with E-state index in [0.717, 1.165) is 32.6 Å². The van der Waals surface area contributed by atoms with Crippen molar-refractivity contribution in [3.63, 3.8) is 0 Å². The highest BCUT2D eigenvalue weighted by Crippen LogP contribution is 2.27. The van der Waals surface area contributed by atoms with E-state index >= 15 is 0 Å². The molecule has 3 aromatic heterocycles. The van der Waals surface area contributed by atoms with Crippen LogP contribution in [0.5, 0.6) is 5.75 Å². The number of ether oxygens (including phenoxy) is 1. The van der Waals surface area contributed by atoms with Crippen LogP contribution in [0.2, 0.25) is 0 Å². The molecule has 0 aliphatic rings. The molecule has 0 unspecified atom stereocenters. The molecule has 0 atom stereocenters. The van der Waals surface area contributed by atoms with Crippen LogP contribution in [-0.2, 0) is 6.61 Å². The Kier molecular flexibility index (Phi) is 3.99. The summed E-state index contributed by atoms with van der Waals surface area (Å²) in [5.74, 6) is 0.775. The Labute approximate surface area is 142 Å². The Morgan fingerprint density at radius 1 is 1.00 bits per heavy atom. The minimum atomic E-state index is 0.393. The van der Waals surface area contributed by atoms with E-state index < -0.39 is 0 Å². The molecule has 4 aromatic rings. The van der Waals surface area contributed by atoms with Crippen molar-refractivity contribution < 1.29 is 4.74 Å². The monoisotopic (exact) mass is 335 g/mol. The summed E-state index contributed by atoms with van der Waals surface area (Å²) in [6, 6.07) is 11.6. The first-order valence-electron chi connectivity index (χ1n) is 7.33. The van der Waals surface area contributed by atoms with E-state index in [1.165, 1.54) is 0 Å². The van der Waals surface area contributed by atoms with Gasteiger partial charge in [0.05, 0.1) is 16.6 Å². The van der Waals surface area contributed by atoms with Gasteiger partial charge in [-0.15, -0.1) is 0 Å². The highest BCUT2D eigenvalue weighted by Gasteiger charge is 2.04. The fourth-order valence-corrected chi connectivity index (χ4v) is 2.99. The number of aromatic nitrogens is 4. The van der Waals surface area contributed by atoms with Crippen molar-refractivity contribution in [3.8, 4) is 5.75 Å². The first-order valence-corrected chi connectivity index (χ1v) is 8.15. The Bertz CT molecular complexity index is 907. The van der Waals surface area contributed by atoms with Crippen molar-refractivity contribution in [1.82, 2.24) is 19.9 Å². The number of thiazole rings is 1. The molecule has 24 heavy (non-hydrogen) atoms. The van der Waals surface area contributed by atoms with Crippen molar-refractivity contribution in [2.24, 2.45) is 0 Å². The lowest BCUT2D eigenvalue weighted by molar-refractivity contribution is 0.301. The molecule has 6 nitrogen and oxygen atoms in total. The number of nitrogens with one attached hydrogen (secondary N) is 1. The SMILES string of the molecule is c1cnc2nc(Nc3ccc(OCc4cnccn4)cc3)sc2c1. The molecule has 0 fully saturated rings. The minimum absolute atomic E-state index is 0.393. The molecule has 0 aliphatic carbocycles. The number of anilines is 2. The van der Waals surface area contributed by atoms with Crippen LogP contribution in [0.25, 0.3) is 10.3 Å². The van der Waals surface area contributed by atoms with Crippen LogP contribution in [0, 0.1) is 0 Å².